The summed E-state index contributed by atoms with van der Waals surface area (Å²) in [5, 5.41) is 18.3. The Balaban J connectivity index is 1.75. The Morgan fingerprint density at radius 2 is 2.10 bits per heavy atom. The van der Waals surface area contributed by atoms with Crippen molar-refractivity contribution in [3.8, 4) is 0 Å². The Hall–Kier alpha value is -1.40. The van der Waals surface area contributed by atoms with Crippen LogP contribution in [0.3, 0.4) is 0 Å². The molecule has 0 spiro atoms. The molecule has 2 saturated carbocycles. The van der Waals surface area contributed by atoms with Crippen LogP contribution in [0.2, 0.25) is 5.15 Å². The van der Waals surface area contributed by atoms with E-state index in [9.17, 15) is 9.60 Å². The van der Waals surface area contributed by atoms with Crippen molar-refractivity contribution in [2.45, 2.75) is 24.8 Å². The van der Waals surface area contributed by atoms with Crippen LogP contribution in [0.15, 0.2) is 6.20 Å². The Bertz CT molecular complexity index is 762. The molecule has 7 heteroatoms. The van der Waals surface area contributed by atoms with Gasteiger partial charge < -0.3 is 5.32 Å². The molecule has 0 bridgehead atoms. The molecule has 3 heterocycles. The Morgan fingerprint density at radius 1 is 1.38 bits per heavy atom. The van der Waals surface area contributed by atoms with Crippen molar-refractivity contribution in [3.05, 3.63) is 22.9 Å². The van der Waals surface area contributed by atoms with Gasteiger partial charge in [-0.2, -0.15) is 9.49 Å². The van der Waals surface area contributed by atoms with Crippen molar-refractivity contribution >= 4 is 22.5 Å². The maximum absolute atomic E-state index is 14.5. The molecule has 0 aromatic carbocycles. The highest BCUT2D eigenvalue weighted by Gasteiger charge is 2.56. The van der Waals surface area contributed by atoms with Crippen molar-refractivity contribution < 1.29 is 14.3 Å². The molecule has 1 saturated heterocycles. The van der Waals surface area contributed by atoms with Crippen LogP contribution in [-0.4, -0.2) is 28.1 Å². The van der Waals surface area contributed by atoms with E-state index in [1.54, 1.807) is 4.68 Å². The average molecular weight is 310 g/mol. The van der Waals surface area contributed by atoms with Gasteiger partial charge in [-0.1, -0.05) is 0 Å². The highest BCUT2D eigenvalue weighted by Crippen LogP contribution is 2.57. The maximum atomic E-state index is 14.5. The normalized spacial score (nSPS) is 30.9. The van der Waals surface area contributed by atoms with E-state index >= 15 is 0 Å². The lowest BCUT2D eigenvalue weighted by Gasteiger charge is -2.00. The predicted molar refractivity (Wildman–Crippen MR) is 72.9 cm³/mol. The molecule has 110 valence electrons. The molecule has 0 radical (unpaired) electrons. The van der Waals surface area contributed by atoms with Crippen molar-refractivity contribution in [2.24, 2.45) is 11.8 Å². The number of nitrogens with zero attached hydrogens (tertiary/aromatic N) is 3. The summed E-state index contributed by atoms with van der Waals surface area (Å²) in [6.07, 6.45) is 3.56. The summed E-state index contributed by atoms with van der Waals surface area (Å²) in [4.78, 5) is 0. The quantitative estimate of drug-likeness (QED) is 0.503. The first-order chi connectivity index (χ1) is 10.2. The van der Waals surface area contributed by atoms with Crippen LogP contribution in [0.25, 0.3) is 10.9 Å². The first-order valence-electron chi connectivity index (χ1n) is 7.38. The molecule has 2 N–H and O–H groups in total. The number of pyridine rings is 1. The summed E-state index contributed by atoms with van der Waals surface area (Å²) in [6.45, 7) is 2.00. The van der Waals surface area contributed by atoms with Gasteiger partial charge in [-0.25, -0.2) is 0 Å². The Morgan fingerprint density at radius 3 is 2.76 bits per heavy atom. The summed E-state index contributed by atoms with van der Waals surface area (Å²) in [7, 11) is 0. The van der Waals surface area contributed by atoms with Crippen molar-refractivity contribution in [1.29, 1.82) is 0 Å². The fraction of sp³-hybridized carbons (Fsp3) is 0.571. The second-order valence-corrected chi connectivity index (χ2v) is 6.77. The van der Waals surface area contributed by atoms with Crippen LogP contribution in [0, 0.1) is 17.7 Å². The first-order valence-corrected chi connectivity index (χ1v) is 7.76. The minimum Gasteiger partial charge on any atom is -0.316 e. The summed E-state index contributed by atoms with van der Waals surface area (Å²) in [6, 6.07) is 0.276. The van der Waals surface area contributed by atoms with Crippen molar-refractivity contribution in [3.63, 3.8) is 0 Å². The van der Waals surface area contributed by atoms with Crippen LogP contribution < -0.4 is 10.0 Å². The molecule has 21 heavy (non-hydrogen) atoms. The summed E-state index contributed by atoms with van der Waals surface area (Å²) < 4.78 is 17.0. The molecule has 2 aliphatic carbocycles. The molecular weight excluding hydrogens is 295 g/mol. The van der Waals surface area contributed by atoms with Gasteiger partial charge in [-0.15, -0.1) is 0 Å². The number of fused-ring (bicyclic) bond motifs is 2. The van der Waals surface area contributed by atoms with E-state index in [4.69, 9.17) is 16.7 Å². The summed E-state index contributed by atoms with van der Waals surface area (Å²) in [5.74, 6) is 1.00. The van der Waals surface area contributed by atoms with Gasteiger partial charge >= 0.3 is 5.15 Å². The van der Waals surface area contributed by atoms with Crippen LogP contribution >= 0.6 is 11.6 Å². The maximum Gasteiger partial charge on any atom is 0.362 e. The number of nitrogens with one attached hydrogen (secondary N) is 1. The molecular formula is C14H15ClFN4O+. The lowest BCUT2D eigenvalue weighted by molar-refractivity contribution is -0.902. The molecule has 3 fully saturated rings. The van der Waals surface area contributed by atoms with Crippen LogP contribution in [0.5, 0.6) is 0 Å². The van der Waals surface area contributed by atoms with E-state index in [1.807, 2.05) is 0 Å². The van der Waals surface area contributed by atoms with Crippen LogP contribution in [-0.2, 0) is 0 Å². The first kappa shape index (κ1) is 12.2. The van der Waals surface area contributed by atoms with E-state index in [-0.39, 0.29) is 11.2 Å². The minimum absolute atomic E-state index is 0.276. The number of aromatic nitrogens is 3. The van der Waals surface area contributed by atoms with Gasteiger partial charge in [0.25, 0.3) is 0 Å². The van der Waals surface area contributed by atoms with E-state index in [0.29, 0.717) is 33.4 Å². The highest BCUT2D eigenvalue weighted by molar-refractivity contribution is 6.29. The van der Waals surface area contributed by atoms with Gasteiger partial charge in [0.2, 0.25) is 12.0 Å². The molecule has 3 aliphatic rings. The third kappa shape index (κ3) is 1.54. The largest absolute Gasteiger partial charge is 0.362 e. The summed E-state index contributed by atoms with van der Waals surface area (Å²) in [5.41, 5.74) is 1.37. The number of rotatable bonds is 2. The molecule has 1 aliphatic heterocycles. The van der Waals surface area contributed by atoms with Gasteiger partial charge in [0, 0.05) is 10.6 Å². The molecule has 5 nitrogen and oxygen atoms in total. The number of hydrogen-bond donors (Lipinski definition) is 2. The van der Waals surface area contributed by atoms with E-state index in [2.05, 4.69) is 5.32 Å². The number of piperidine rings is 1. The van der Waals surface area contributed by atoms with E-state index in [0.717, 1.165) is 31.6 Å². The lowest BCUT2D eigenvalue weighted by Crippen LogP contribution is -2.32. The standard InChI is InChI=1S/C14H15ClFN4O/c15-14-11(16)13-9(5-19(14)21)12(18-20(13)6-1-2-6)10-7-3-17-4-8(7)10/h5-8,10,17,21H,1-4H2/q+1. The van der Waals surface area contributed by atoms with Gasteiger partial charge in [0.15, 0.2) is 0 Å². The molecule has 2 aromatic rings. The van der Waals surface area contributed by atoms with Crippen LogP contribution in [0.4, 0.5) is 4.39 Å². The van der Waals surface area contributed by atoms with E-state index in [1.165, 1.54) is 6.20 Å². The molecule has 5 rings (SSSR count). The summed E-state index contributed by atoms with van der Waals surface area (Å²) >= 11 is 5.84. The van der Waals surface area contributed by atoms with Crippen molar-refractivity contribution in [2.75, 3.05) is 13.1 Å². The molecule has 2 aromatic heterocycles. The van der Waals surface area contributed by atoms with Gasteiger partial charge in [-0.3, -0.25) is 9.89 Å². The van der Waals surface area contributed by atoms with Crippen LogP contribution in [0.1, 0.15) is 30.5 Å². The lowest BCUT2D eigenvalue weighted by atomic mass is 10.1. The van der Waals surface area contributed by atoms with Crippen molar-refractivity contribution in [1.82, 2.24) is 15.1 Å². The minimum atomic E-state index is -0.578. The smallest absolute Gasteiger partial charge is 0.316 e. The Labute approximate surface area is 125 Å². The number of halogens is 2. The fourth-order valence-corrected chi connectivity index (χ4v) is 3.98. The molecule has 2 atom stereocenters. The molecule has 2 unspecified atom stereocenters. The second-order valence-electron chi connectivity index (χ2n) is 6.41. The zero-order chi connectivity index (χ0) is 14.3. The highest BCUT2D eigenvalue weighted by atomic mass is 35.5. The SMILES string of the molecule is O[n+]1cc2c(C3C4CNCC43)nn(C3CC3)c2c(F)c1Cl. The molecule has 0 amide bonds. The number of hydrogen-bond acceptors (Lipinski definition) is 3. The zero-order valence-electron chi connectivity index (χ0n) is 11.3. The fourth-order valence-electron chi connectivity index (χ4n) is 3.84. The van der Waals surface area contributed by atoms with Gasteiger partial charge in [0.05, 0.1) is 17.1 Å². The van der Waals surface area contributed by atoms with E-state index < -0.39 is 5.82 Å². The Kier molecular flexibility index (Phi) is 2.24. The average Bonchev–Trinajstić information content (AvgIpc) is 3.35. The topological polar surface area (TPSA) is 54.0 Å². The monoisotopic (exact) mass is 309 g/mol. The third-order valence-electron chi connectivity index (χ3n) is 5.12. The second kappa shape index (κ2) is 3.87. The predicted octanol–water partition coefficient (Wildman–Crippen LogP) is 1.62. The zero-order valence-corrected chi connectivity index (χ0v) is 12.0. The third-order valence-corrected chi connectivity index (χ3v) is 5.46. The van der Waals surface area contributed by atoms with Gasteiger partial charge in [-0.05, 0) is 49.4 Å². The van der Waals surface area contributed by atoms with Gasteiger partial charge in [0.1, 0.15) is 5.52 Å².